The van der Waals surface area contributed by atoms with E-state index in [0.717, 1.165) is 28.0 Å². The molecule has 2 aromatic carbocycles. The summed E-state index contributed by atoms with van der Waals surface area (Å²) in [6.07, 6.45) is 1.17. The van der Waals surface area contributed by atoms with Crippen LogP contribution in [0.25, 0.3) is 17.3 Å². The number of benzene rings is 2. The van der Waals surface area contributed by atoms with Gasteiger partial charge in [0.1, 0.15) is 0 Å². The van der Waals surface area contributed by atoms with Crippen LogP contribution in [-0.2, 0) is 10.0 Å². The van der Waals surface area contributed by atoms with Crippen LogP contribution in [0.3, 0.4) is 0 Å². The Morgan fingerprint density at radius 1 is 1.11 bits per heavy atom. The monoisotopic (exact) mass is 426 g/mol. The number of anilines is 1. The first-order valence-electron chi connectivity index (χ1n) is 7.63. The summed E-state index contributed by atoms with van der Waals surface area (Å²) in [5.41, 5.74) is 1.69. The van der Waals surface area contributed by atoms with Crippen molar-refractivity contribution in [1.29, 1.82) is 0 Å². The Morgan fingerprint density at radius 2 is 1.81 bits per heavy atom. The second-order valence-corrected chi connectivity index (χ2v) is 8.76. The van der Waals surface area contributed by atoms with Crippen molar-refractivity contribution >= 4 is 44.2 Å². The van der Waals surface area contributed by atoms with Crippen LogP contribution in [-0.4, -0.2) is 13.4 Å². The van der Waals surface area contributed by atoms with E-state index < -0.39 is 21.7 Å². The fourth-order valence-electron chi connectivity index (χ4n) is 2.26. The highest BCUT2D eigenvalue weighted by atomic mass is 35.5. The lowest BCUT2D eigenvalue weighted by Crippen LogP contribution is -2.08. The zero-order valence-corrected chi connectivity index (χ0v) is 16.3. The number of thiazole rings is 1. The van der Waals surface area contributed by atoms with Gasteiger partial charge in [-0.05, 0) is 42.8 Å². The Balaban J connectivity index is 1.79. The Morgan fingerprint density at radius 3 is 2.48 bits per heavy atom. The third kappa shape index (κ3) is 4.91. The zero-order chi connectivity index (χ0) is 19.6. The first kappa shape index (κ1) is 19.5. The van der Waals surface area contributed by atoms with Gasteiger partial charge in [0.2, 0.25) is 0 Å². The average Bonchev–Trinajstić information content (AvgIpc) is 2.96. The summed E-state index contributed by atoms with van der Waals surface area (Å²) in [7, 11) is -3.87. The van der Waals surface area contributed by atoms with Crippen LogP contribution in [0.2, 0.25) is 5.02 Å². The summed E-state index contributed by atoms with van der Waals surface area (Å²) in [5.74, 6) is -2.05. The standard InChI is InChI=1S/C18H13ClF2N2O2S2/c1-11-17(13-3-5-14(19)6-4-13)22-18(26-11)23-27(24,25)9-8-12-2-7-15(20)16(21)10-12/h2-10H,1H3,(H,22,23)/b9-8+. The van der Waals surface area contributed by atoms with E-state index in [1.165, 1.54) is 23.5 Å². The van der Waals surface area contributed by atoms with Gasteiger partial charge in [-0.25, -0.2) is 22.2 Å². The number of aromatic nitrogens is 1. The minimum Gasteiger partial charge on any atom is -0.255 e. The predicted molar refractivity (Wildman–Crippen MR) is 105 cm³/mol. The van der Waals surface area contributed by atoms with Crippen molar-refractivity contribution in [3.05, 3.63) is 75.0 Å². The molecule has 0 fully saturated rings. The molecule has 1 heterocycles. The van der Waals surface area contributed by atoms with E-state index in [1.54, 1.807) is 24.3 Å². The summed E-state index contributed by atoms with van der Waals surface area (Å²) in [5, 5.41) is 1.67. The highest BCUT2D eigenvalue weighted by Gasteiger charge is 2.14. The van der Waals surface area contributed by atoms with E-state index in [-0.39, 0.29) is 10.7 Å². The van der Waals surface area contributed by atoms with E-state index in [2.05, 4.69) is 9.71 Å². The van der Waals surface area contributed by atoms with Gasteiger partial charge in [0.05, 0.1) is 11.1 Å². The maximum atomic E-state index is 13.2. The number of hydrogen-bond donors (Lipinski definition) is 1. The lowest BCUT2D eigenvalue weighted by Gasteiger charge is -2.00. The number of nitrogens with one attached hydrogen (secondary N) is 1. The summed E-state index contributed by atoms with van der Waals surface area (Å²) < 4.78 is 52.9. The molecule has 140 valence electrons. The fourth-order valence-corrected chi connectivity index (χ4v) is 4.28. The minimum absolute atomic E-state index is 0.201. The molecular formula is C18H13ClF2N2O2S2. The Labute approximate surface area is 164 Å². The molecule has 0 aliphatic rings. The largest absolute Gasteiger partial charge is 0.256 e. The molecule has 1 N–H and O–H groups in total. The molecule has 0 aliphatic carbocycles. The van der Waals surface area contributed by atoms with Crippen LogP contribution in [0, 0.1) is 18.6 Å². The third-order valence-corrected chi connectivity index (χ3v) is 5.77. The fraction of sp³-hybridized carbons (Fsp3) is 0.0556. The first-order chi connectivity index (χ1) is 12.7. The number of nitrogens with zero attached hydrogens (tertiary/aromatic N) is 1. The lowest BCUT2D eigenvalue weighted by molar-refractivity contribution is 0.508. The molecule has 27 heavy (non-hydrogen) atoms. The highest BCUT2D eigenvalue weighted by Crippen LogP contribution is 2.31. The summed E-state index contributed by atoms with van der Waals surface area (Å²) >= 11 is 7.06. The van der Waals surface area contributed by atoms with Gasteiger partial charge in [0.25, 0.3) is 10.0 Å². The van der Waals surface area contributed by atoms with Crippen molar-refractivity contribution in [2.75, 3.05) is 4.72 Å². The van der Waals surface area contributed by atoms with Gasteiger partial charge in [-0.1, -0.05) is 29.8 Å². The third-order valence-electron chi connectivity index (χ3n) is 3.53. The topological polar surface area (TPSA) is 59.1 Å². The summed E-state index contributed by atoms with van der Waals surface area (Å²) in [4.78, 5) is 5.15. The van der Waals surface area contributed by atoms with E-state index >= 15 is 0 Å². The number of sulfonamides is 1. The average molecular weight is 427 g/mol. The van der Waals surface area contributed by atoms with Crippen molar-refractivity contribution in [1.82, 2.24) is 4.98 Å². The van der Waals surface area contributed by atoms with Gasteiger partial charge < -0.3 is 0 Å². The zero-order valence-electron chi connectivity index (χ0n) is 13.9. The van der Waals surface area contributed by atoms with E-state index in [0.29, 0.717) is 10.7 Å². The van der Waals surface area contributed by atoms with Crippen LogP contribution in [0.5, 0.6) is 0 Å². The maximum Gasteiger partial charge on any atom is 0.256 e. The van der Waals surface area contributed by atoms with Crippen molar-refractivity contribution in [3.63, 3.8) is 0 Å². The van der Waals surface area contributed by atoms with Crippen molar-refractivity contribution in [3.8, 4) is 11.3 Å². The number of aryl methyl sites for hydroxylation is 1. The number of halogens is 3. The predicted octanol–water partition coefficient (Wildman–Crippen LogP) is 5.46. The van der Waals surface area contributed by atoms with Crippen molar-refractivity contribution < 1.29 is 17.2 Å². The van der Waals surface area contributed by atoms with Crippen LogP contribution in [0.1, 0.15) is 10.4 Å². The maximum absolute atomic E-state index is 13.2. The van der Waals surface area contributed by atoms with Crippen molar-refractivity contribution in [2.24, 2.45) is 0 Å². The molecule has 0 saturated carbocycles. The van der Waals surface area contributed by atoms with Gasteiger partial charge in [0, 0.05) is 15.5 Å². The van der Waals surface area contributed by atoms with Gasteiger partial charge >= 0.3 is 0 Å². The number of hydrogen-bond acceptors (Lipinski definition) is 4. The Hall–Kier alpha value is -2.29. The molecule has 9 heteroatoms. The number of rotatable bonds is 5. The summed E-state index contributed by atoms with van der Waals surface area (Å²) in [6.45, 7) is 1.83. The molecular weight excluding hydrogens is 414 g/mol. The Bertz CT molecular complexity index is 1110. The molecule has 0 unspecified atom stereocenters. The van der Waals surface area contributed by atoms with Gasteiger partial charge in [-0.2, -0.15) is 0 Å². The van der Waals surface area contributed by atoms with Crippen molar-refractivity contribution in [2.45, 2.75) is 6.92 Å². The van der Waals surface area contributed by atoms with Crippen LogP contribution < -0.4 is 4.72 Å². The molecule has 3 aromatic rings. The first-order valence-corrected chi connectivity index (χ1v) is 10.4. The second kappa shape index (κ2) is 7.75. The smallest absolute Gasteiger partial charge is 0.255 e. The molecule has 0 radical (unpaired) electrons. The molecule has 1 aromatic heterocycles. The second-order valence-electron chi connectivity index (χ2n) is 5.55. The Kier molecular flexibility index (Phi) is 5.59. The quantitative estimate of drug-likeness (QED) is 0.589. The van der Waals surface area contributed by atoms with Crippen LogP contribution in [0.15, 0.2) is 47.9 Å². The molecule has 0 bridgehead atoms. The van der Waals surface area contributed by atoms with Gasteiger partial charge in [-0.15, -0.1) is 11.3 Å². The molecule has 0 spiro atoms. The minimum atomic E-state index is -3.87. The summed E-state index contributed by atoms with van der Waals surface area (Å²) in [6, 6.07) is 10.2. The molecule has 0 amide bonds. The molecule has 4 nitrogen and oxygen atoms in total. The van der Waals surface area contributed by atoms with E-state index in [9.17, 15) is 17.2 Å². The molecule has 0 aliphatic heterocycles. The SMILES string of the molecule is Cc1sc(NS(=O)(=O)/C=C/c2ccc(F)c(F)c2)nc1-c1ccc(Cl)cc1. The van der Waals surface area contributed by atoms with Gasteiger partial charge in [0.15, 0.2) is 16.8 Å². The van der Waals surface area contributed by atoms with E-state index in [4.69, 9.17) is 11.6 Å². The molecule has 0 atom stereocenters. The normalized spacial score (nSPS) is 11.9. The van der Waals surface area contributed by atoms with E-state index in [1.807, 2.05) is 6.92 Å². The lowest BCUT2D eigenvalue weighted by atomic mass is 10.1. The van der Waals surface area contributed by atoms with Crippen LogP contribution >= 0.6 is 22.9 Å². The van der Waals surface area contributed by atoms with Crippen LogP contribution in [0.4, 0.5) is 13.9 Å². The molecule has 3 rings (SSSR count). The van der Waals surface area contributed by atoms with Gasteiger partial charge in [-0.3, -0.25) is 4.72 Å². The highest BCUT2D eigenvalue weighted by molar-refractivity contribution is 7.95. The molecule has 0 saturated heterocycles.